The third-order valence-electron chi connectivity index (χ3n) is 2.09. The summed E-state index contributed by atoms with van der Waals surface area (Å²) in [5.41, 5.74) is 0.175. The number of nitro benzene ring substituents is 1. The molecule has 0 saturated carbocycles. The van der Waals surface area contributed by atoms with Crippen molar-refractivity contribution in [2.24, 2.45) is 0 Å². The highest BCUT2D eigenvalue weighted by Gasteiger charge is 2.13. The predicted octanol–water partition coefficient (Wildman–Crippen LogP) is 3.13. The second-order valence-electron chi connectivity index (χ2n) is 3.24. The molecule has 0 saturated heterocycles. The molecule has 19 heavy (non-hydrogen) atoms. The number of hydrogen-bond donors (Lipinski definition) is 0. The molecule has 1 heterocycles. The van der Waals surface area contributed by atoms with Crippen molar-refractivity contribution in [2.45, 2.75) is 13.6 Å². The quantitative estimate of drug-likeness (QED) is 0.363. The van der Waals surface area contributed by atoms with Gasteiger partial charge in [0.15, 0.2) is 15.0 Å². The minimum atomic E-state index is -0.530. The first-order valence-corrected chi connectivity index (χ1v) is 7.78. The Labute approximate surface area is 120 Å². The van der Waals surface area contributed by atoms with E-state index in [1.807, 2.05) is 6.26 Å². The van der Waals surface area contributed by atoms with Gasteiger partial charge in [-0.15, -0.1) is 10.2 Å². The zero-order valence-corrected chi connectivity index (χ0v) is 12.1. The molecule has 0 atom stereocenters. The van der Waals surface area contributed by atoms with Crippen LogP contribution in [0.5, 0.6) is 0 Å². The average Bonchev–Trinajstić information content (AvgIpc) is 2.86. The number of aromatic nitrogens is 2. The Bertz CT molecular complexity index is 629. The Kier molecular flexibility index (Phi) is 4.51. The molecule has 0 fully saturated rings. The fraction of sp³-hybridized carbons (Fsp3) is 0.100. The van der Waals surface area contributed by atoms with Gasteiger partial charge in [0.1, 0.15) is 0 Å². The Morgan fingerprint density at radius 1 is 1.37 bits per heavy atom. The Balaban J connectivity index is 2.29. The lowest BCUT2D eigenvalue weighted by Crippen LogP contribution is -1.91. The predicted molar refractivity (Wildman–Crippen MR) is 74.3 cm³/mol. The summed E-state index contributed by atoms with van der Waals surface area (Å²) in [5, 5.41) is 18.6. The van der Waals surface area contributed by atoms with E-state index in [9.17, 15) is 14.9 Å². The number of hydrogen-bond acceptors (Lipinski definition) is 8. The Morgan fingerprint density at radius 3 is 2.68 bits per heavy atom. The van der Waals surface area contributed by atoms with Gasteiger partial charge >= 0.3 is 0 Å². The number of nitrogens with zero attached hydrogens (tertiary/aromatic N) is 3. The van der Waals surface area contributed by atoms with E-state index in [0.717, 1.165) is 4.34 Å². The van der Waals surface area contributed by atoms with Gasteiger partial charge in [0.05, 0.1) is 4.92 Å². The molecule has 9 heteroatoms. The smallest absolute Gasteiger partial charge is 0.270 e. The molecule has 1 aromatic carbocycles. The van der Waals surface area contributed by atoms with Crippen molar-refractivity contribution in [2.75, 3.05) is 6.26 Å². The first-order chi connectivity index (χ1) is 9.13. The van der Waals surface area contributed by atoms with E-state index in [2.05, 4.69) is 10.2 Å². The minimum absolute atomic E-state index is 0.103. The van der Waals surface area contributed by atoms with Crippen LogP contribution in [0.15, 0.2) is 31.8 Å². The maximum Gasteiger partial charge on any atom is 0.270 e. The van der Waals surface area contributed by atoms with Crippen LogP contribution < -0.4 is 0 Å². The molecule has 98 valence electrons. The van der Waals surface area contributed by atoms with Crippen LogP contribution in [0, 0.1) is 10.1 Å². The highest BCUT2D eigenvalue weighted by molar-refractivity contribution is 8.03. The van der Waals surface area contributed by atoms with E-state index >= 15 is 0 Å². The standard InChI is InChI=1S/C10H7N3O3S3/c1-17-9-11-12-10(19-9)18-8-3-2-7(13(15)16)4-6(8)5-14/h2-5H,1H3. The topological polar surface area (TPSA) is 86.0 Å². The number of aldehydes is 1. The highest BCUT2D eigenvalue weighted by atomic mass is 32.2. The number of nitro groups is 1. The number of carbonyl (C=O) groups is 1. The summed E-state index contributed by atoms with van der Waals surface area (Å²) in [6.45, 7) is 0. The number of thioether (sulfide) groups is 1. The fourth-order valence-corrected chi connectivity index (χ4v) is 3.72. The van der Waals surface area contributed by atoms with Crippen LogP contribution in [0.25, 0.3) is 0 Å². The molecular formula is C10H7N3O3S3. The van der Waals surface area contributed by atoms with Crippen LogP contribution in [0.4, 0.5) is 5.69 Å². The van der Waals surface area contributed by atoms with Gasteiger partial charge in [-0.1, -0.05) is 34.9 Å². The summed E-state index contributed by atoms with van der Waals surface area (Å²) >= 11 is 4.17. The molecule has 0 aliphatic carbocycles. The number of carbonyl (C=O) groups excluding carboxylic acids is 1. The SMILES string of the molecule is CSc1nnc(Sc2ccc([N+](=O)[O-])cc2C=O)s1. The molecular weight excluding hydrogens is 306 g/mol. The number of non-ortho nitro benzene ring substituents is 1. The molecule has 0 spiro atoms. The van der Waals surface area contributed by atoms with Crippen molar-refractivity contribution >= 4 is 46.8 Å². The van der Waals surface area contributed by atoms with Crippen LogP contribution in [0.1, 0.15) is 10.4 Å². The summed E-state index contributed by atoms with van der Waals surface area (Å²) in [7, 11) is 0. The summed E-state index contributed by atoms with van der Waals surface area (Å²) < 4.78 is 1.53. The second-order valence-corrected chi connectivity index (χ2v) is 6.56. The molecule has 1 aromatic heterocycles. The molecule has 0 bridgehead atoms. The molecule has 2 aromatic rings. The maximum absolute atomic E-state index is 11.0. The number of benzene rings is 1. The summed E-state index contributed by atoms with van der Waals surface area (Å²) in [6, 6.07) is 4.17. The minimum Gasteiger partial charge on any atom is -0.298 e. The lowest BCUT2D eigenvalue weighted by atomic mass is 10.2. The van der Waals surface area contributed by atoms with E-state index < -0.39 is 4.92 Å². The molecule has 0 unspecified atom stereocenters. The van der Waals surface area contributed by atoms with Gasteiger partial charge in [-0.05, 0) is 12.3 Å². The zero-order valence-electron chi connectivity index (χ0n) is 9.60. The average molecular weight is 313 g/mol. The van der Waals surface area contributed by atoms with E-state index in [4.69, 9.17) is 0 Å². The van der Waals surface area contributed by atoms with Gasteiger partial charge in [0, 0.05) is 22.6 Å². The molecule has 0 radical (unpaired) electrons. The van der Waals surface area contributed by atoms with Crippen LogP contribution in [-0.4, -0.2) is 27.7 Å². The third-order valence-corrected chi connectivity index (χ3v) is 5.13. The largest absolute Gasteiger partial charge is 0.298 e. The van der Waals surface area contributed by atoms with Gasteiger partial charge in [-0.3, -0.25) is 14.9 Å². The third kappa shape index (κ3) is 3.31. The zero-order chi connectivity index (χ0) is 13.8. The van der Waals surface area contributed by atoms with Crippen molar-refractivity contribution < 1.29 is 9.72 Å². The van der Waals surface area contributed by atoms with Crippen LogP contribution >= 0.6 is 34.9 Å². The lowest BCUT2D eigenvalue weighted by Gasteiger charge is -2.01. The normalized spacial score (nSPS) is 10.4. The molecule has 0 N–H and O–H groups in total. The van der Waals surface area contributed by atoms with Crippen molar-refractivity contribution in [3.8, 4) is 0 Å². The van der Waals surface area contributed by atoms with Crippen molar-refractivity contribution in [1.29, 1.82) is 0 Å². The highest BCUT2D eigenvalue weighted by Crippen LogP contribution is 2.35. The maximum atomic E-state index is 11.0. The molecule has 2 rings (SSSR count). The van der Waals surface area contributed by atoms with Gasteiger partial charge in [0.25, 0.3) is 5.69 Å². The van der Waals surface area contributed by atoms with Gasteiger partial charge in [-0.25, -0.2) is 0 Å². The van der Waals surface area contributed by atoms with Gasteiger partial charge < -0.3 is 0 Å². The Hall–Kier alpha value is -1.45. The van der Waals surface area contributed by atoms with E-state index in [1.54, 1.807) is 6.07 Å². The van der Waals surface area contributed by atoms with Crippen LogP contribution in [-0.2, 0) is 0 Å². The summed E-state index contributed by atoms with van der Waals surface area (Å²) in [5.74, 6) is 0. The molecule has 6 nitrogen and oxygen atoms in total. The first-order valence-electron chi connectivity index (χ1n) is 4.93. The number of rotatable bonds is 5. The molecule has 0 amide bonds. The van der Waals surface area contributed by atoms with Crippen molar-refractivity contribution in [1.82, 2.24) is 10.2 Å². The summed E-state index contributed by atoms with van der Waals surface area (Å²) in [4.78, 5) is 21.7. The van der Waals surface area contributed by atoms with Crippen LogP contribution in [0.2, 0.25) is 0 Å². The van der Waals surface area contributed by atoms with Crippen LogP contribution in [0.3, 0.4) is 0 Å². The first kappa shape index (κ1) is 14.0. The lowest BCUT2D eigenvalue weighted by molar-refractivity contribution is -0.384. The van der Waals surface area contributed by atoms with E-state index in [1.165, 1.54) is 47.0 Å². The Morgan fingerprint density at radius 2 is 2.11 bits per heavy atom. The van der Waals surface area contributed by atoms with Crippen molar-refractivity contribution in [3.05, 3.63) is 33.9 Å². The van der Waals surface area contributed by atoms with Crippen molar-refractivity contribution in [3.63, 3.8) is 0 Å². The van der Waals surface area contributed by atoms with Gasteiger partial charge in [0.2, 0.25) is 0 Å². The van der Waals surface area contributed by atoms with Gasteiger partial charge in [-0.2, -0.15) is 0 Å². The molecule has 0 aliphatic rings. The van der Waals surface area contributed by atoms with E-state index in [-0.39, 0.29) is 11.3 Å². The fourth-order valence-electron chi connectivity index (χ4n) is 1.25. The molecule has 0 aliphatic heterocycles. The second kappa shape index (κ2) is 6.13. The van der Waals surface area contributed by atoms with E-state index in [0.29, 0.717) is 15.5 Å². The monoisotopic (exact) mass is 313 g/mol. The summed E-state index contributed by atoms with van der Waals surface area (Å²) in [6.07, 6.45) is 2.50.